The fourth-order valence-corrected chi connectivity index (χ4v) is 9.59. The molecule has 0 bridgehead atoms. The minimum atomic E-state index is -1.28. The van der Waals surface area contributed by atoms with Gasteiger partial charge >= 0.3 is 0 Å². The Morgan fingerprint density at radius 1 is 0.450 bits per heavy atom. The van der Waals surface area contributed by atoms with Crippen molar-refractivity contribution >= 4 is 17.1 Å². The summed E-state index contributed by atoms with van der Waals surface area (Å²) in [5, 5.41) is 28.1. The lowest BCUT2D eigenvalue weighted by atomic mass is 9.94. The van der Waals surface area contributed by atoms with Crippen LogP contribution in [0.3, 0.4) is 0 Å². The van der Waals surface area contributed by atoms with Gasteiger partial charge in [-0.25, -0.2) is 0 Å². The van der Waals surface area contributed by atoms with E-state index in [1.807, 2.05) is 182 Å². The number of nitrogens with one attached hydrogen (secondary N) is 1. The third-order valence-electron chi connectivity index (χ3n) is 13.5. The van der Waals surface area contributed by atoms with Gasteiger partial charge in [0, 0.05) is 6.07 Å². The van der Waals surface area contributed by atoms with Crippen molar-refractivity contribution in [3.05, 3.63) is 266 Å². The van der Waals surface area contributed by atoms with Gasteiger partial charge in [0.15, 0.2) is 12.6 Å². The summed E-state index contributed by atoms with van der Waals surface area (Å²) < 4.78 is 69.1. The Balaban J connectivity index is 1.16. The van der Waals surface area contributed by atoms with E-state index in [0.717, 1.165) is 39.4 Å². The van der Waals surface area contributed by atoms with E-state index in [0.29, 0.717) is 0 Å². The molecule has 2 aliphatic heterocycles. The normalized spacial score (nSPS) is 22.8. The summed E-state index contributed by atoms with van der Waals surface area (Å²) in [6, 6.07) is 60.2. The van der Waals surface area contributed by atoms with Crippen LogP contribution in [0.2, 0.25) is 0 Å². The number of hydrogen-bond acceptors (Lipinski definition) is 15. The van der Waals surface area contributed by atoms with Gasteiger partial charge in [-0.1, -0.05) is 188 Å². The number of nitrogens with zero attached hydrogens (tertiary/aromatic N) is 2. The van der Waals surface area contributed by atoms with E-state index in [1.54, 1.807) is 6.08 Å². The number of rotatable bonds is 29. The standard InChI is InChI=1S/C63H65N3O14/c1-2-35-73-57-54(43-71-37-45-21-9-3-10-22-45)79-63(61(76-41-49-29-17-7-18-30-49)60(57)75-40-48-27-15-6-16-28-48)80-58-55(44-72-38-46-23-11-4-12-24-46)78-62(77-42-50-31-19-8-20-32-50)56(59(58)74-39-47-25-13-5-14-26-47)64-52-34-33-51(65(67)68)36-53(52)66(69)70/h2-34,36,54-64H,1,35,37-44H2/t54-,55-,56-,57+,58-,59-,60+,61-,62-,63-/m1/s1. The van der Waals surface area contributed by atoms with E-state index in [4.69, 9.17) is 47.4 Å². The number of nitro groups is 2. The summed E-state index contributed by atoms with van der Waals surface area (Å²) >= 11 is 0. The predicted octanol–water partition coefficient (Wildman–Crippen LogP) is 11.1. The third-order valence-corrected chi connectivity index (χ3v) is 13.5. The van der Waals surface area contributed by atoms with Gasteiger partial charge in [-0.2, -0.15) is 0 Å². The molecule has 0 radical (unpaired) electrons. The Morgan fingerprint density at radius 2 is 0.863 bits per heavy atom. The summed E-state index contributed by atoms with van der Waals surface area (Å²) in [6.45, 7) is 4.92. The molecule has 0 aliphatic carbocycles. The first-order chi connectivity index (χ1) is 39.3. The average Bonchev–Trinajstić information content (AvgIpc) is 3.69. The molecule has 17 nitrogen and oxygen atoms in total. The summed E-state index contributed by atoms with van der Waals surface area (Å²) in [6.07, 6.45) is -7.62. The minimum Gasteiger partial charge on any atom is -0.374 e. The minimum absolute atomic E-state index is 0.0323. The first-order valence-corrected chi connectivity index (χ1v) is 26.5. The van der Waals surface area contributed by atoms with Crippen molar-refractivity contribution in [2.45, 2.75) is 101 Å². The van der Waals surface area contributed by atoms with Crippen LogP contribution in [0.25, 0.3) is 0 Å². The number of non-ortho nitro benzene ring substituents is 1. The fraction of sp³-hybridized carbons (Fsp3) is 0.302. The molecule has 7 aromatic rings. The highest BCUT2D eigenvalue weighted by molar-refractivity contribution is 5.66. The number of benzene rings is 7. The monoisotopic (exact) mass is 1090 g/mol. The summed E-state index contributed by atoms with van der Waals surface area (Å²) in [5.41, 5.74) is 4.18. The van der Waals surface area contributed by atoms with Crippen LogP contribution in [0.1, 0.15) is 33.4 Å². The Hall–Kier alpha value is -7.52. The van der Waals surface area contributed by atoms with Crippen LogP contribution in [-0.4, -0.2) is 91.0 Å². The van der Waals surface area contributed by atoms with E-state index in [9.17, 15) is 20.2 Å². The van der Waals surface area contributed by atoms with Crippen molar-refractivity contribution < 1.29 is 57.2 Å². The largest absolute Gasteiger partial charge is 0.374 e. The smallest absolute Gasteiger partial charge is 0.299 e. The Bertz CT molecular complexity index is 2970. The van der Waals surface area contributed by atoms with Crippen molar-refractivity contribution in [1.82, 2.24) is 0 Å². The average molecular weight is 1090 g/mol. The van der Waals surface area contributed by atoms with E-state index < -0.39 is 82.6 Å². The second kappa shape index (κ2) is 29.6. The SMILES string of the molecule is C=CCO[C@@H]1[C@H](OCc2ccccc2)[C@@H](OCc2ccccc2)[C@@H](O[C@H]2[C@H](OCc3ccccc3)[C@@H](Nc3ccc([N+](=O)[O-])cc3[N+](=O)[O-])[C@H](OCc3ccccc3)O[C@@H]2COCc2ccccc2)O[C@@H]1COCc1ccccc1. The number of hydrogen-bond donors (Lipinski definition) is 1. The molecule has 0 amide bonds. The summed E-state index contributed by atoms with van der Waals surface area (Å²) in [4.78, 5) is 23.5. The Kier molecular flexibility index (Phi) is 21.2. The molecule has 0 saturated carbocycles. The highest BCUT2D eigenvalue weighted by Gasteiger charge is 2.54. The van der Waals surface area contributed by atoms with Crippen LogP contribution in [0.4, 0.5) is 17.1 Å². The van der Waals surface area contributed by atoms with Crippen LogP contribution in [0, 0.1) is 20.2 Å². The molecule has 2 fully saturated rings. The quantitative estimate of drug-likeness (QED) is 0.0264. The molecule has 0 unspecified atom stereocenters. The molecule has 7 aromatic carbocycles. The molecule has 17 heteroatoms. The van der Waals surface area contributed by atoms with E-state index in [-0.39, 0.29) is 65.1 Å². The molecule has 10 atom stereocenters. The number of nitro benzene ring substituents is 2. The van der Waals surface area contributed by atoms with Crippen LogP contribution in [0.15, 0.2) is 213 Å². The van der Waals surface area contributed by atoms with Gasteiger partial charge in [-0.15, -0.1) is 6.58 Å². The summed E-state index contributed by atoms with van der Waals surface area (Å²) in [7, 11) is 0. The van der Waals surface area contributed by atoms with Gasteiger partial charge in [0.25, 0.3) is 11.4 Å². The van der Waals surface area contributed by atoms with Crippen LogP contribution in [0.5, 0.6) is 0 Å². The van der Waals surface area contributed by atoms with Crippen LogP contribution >= 0.6 is 0 Å². The molecule has 416 valence electrons. The Morgan fingerprint density at radius 3 is 1.31 bits per heavy atom. The van der Waals surface area contributed by atoms with Gasteiger partial charge in [0.2, 0.25) is 0 Å². The van der Waals surface area contributed by atoms with Gasteiger partial charge in [0.05, 0.1) is 75.4 Å². The zero-order chi connectivity index (χ0) is 55.3. The molecule has 0 aromatic heterocycles. The molecule has 2 saturated heterocycles. The topological polar surface area (TPSA) is 191 Å². The van der Waals surface area contributed by atoms with E-state index in [2.05, 4.69) is 11.9 Å². The molecule has 2 aliphatic rings. The van der Waals surface area contributed by atoms with Crippen LogP contribution in [-0.2, 0) is 87.0 Å². The van der Waals surface area contributed by atoms with Gasteiger partial charge in [-0.05, 0) is 39.4 Å². The molecular weight excluding hydrogens is 1020 g/mol. The van der Waals surface area contributed by atoms with E-state index in [1.165, 1.54) is 12.1 Å². The second-order valence-electron chi connectivity index (χ2n) is 19.2. The molecule has 80 heavy (non-hydrogen) atoms. The first-order valence-electron chi connectivity index (χ1n) is 26.5. The van der Waals surface area contributed by atoms with Crippen molar-refractivity contribution in [1.29, 1.82) is 0 Å². The van der Waals surface area contributed by atoms with E-state index >= 15 is 0 Å². The van der Waals surface area contributed by atoms with Crippen molar-refractivity contribution in [3.63, 3.8) is 0 Å². The zero-order valence-electron chi connectivity index (χ0n) is 44.1. The molecule has 1 N–H and O–H groups in total. The van der Waals surface area contributed by atoms with Gasteiger partial charge in [-0.3, -0.25) is 20.2 Å². The molecule has 2 heterocycles. The fourth-order valence-electron chi connectivity index (χ4n) is 9.59. The maximum Gasteiger partial charge on any atom is 0.299 e. The highest BCUT2D eigenvalue weighted by Crippen LogP contribution is 2.38. The van der Waals surface area contributed by atoms with Crippen LogP contribution < -0.4 is 5.32 Å². The van der Waals surface area contributed by atoms with Gasteiger partial charge in [0.1, 0.15) is 54.5 Å². The van der Waals surface area contributed by atoms with Crippen molar-refractivity contribution in [2.75, 3.05) is 25.1 Å². The third kappa shape index (κ3) is 16.1. The lowest BCUT2D eigenvalue weighted by Gasteiger charge is -2.50. The van der Waals surface area contributed by atoms with Gasteiger partial charge < -0.3 is 52.7 Å². The Labute approximate surface area is 465 Å². The predicted molar refractivity (Wildman–Crippen MR) is 298 cm³/mol. The lowest BCUT2D eigenvalue weighted by molar-refractivity contribution is -0.393. The molecule has 9 rings (SSSR count). The highest BCUT2D eigenvalue weighted by atomic mass is 16.8. The second-order valence-corrected chi connectivity index (χ2v) is 19.2. The maximum absolute atomic E-state index is 12.8. The van der Waals surface area contributed by atoms with Crippen molar-refractivity contribution in [2.24, 2.45) is 0 Å². The van der Waals surface area contributed by atoms with Crippen molar-refractivity contribution in [3.8, 4) is 0 Å². The lowest BCUT2D eigenvalue weighted by Crippen LogP contribution is -2.67. The maximum atomic E-state index is 12.8. The summed E-state index contributed by atoms with van der Waals surface area (Å²) in [5.74, 6) is 0. The first kappa shape index (κ1) is 57.2. The molecular formula is C63H65N3O14. The molecule has 0 spiro atoms. The zero-order valence-corrected chi connectivity index (χ0v) is 44.1. The number of anilines is 1. The number of ether oxygens (including phenoxy) is 10.